The van der Waals surface area contributed by atoms with E-state index in [1.54, 1.807) is 19.4 Å². The summed E-state index contributed by atoms with van der Waals surface area (Å²) in [7, 11) is 1.60. The number of halogens is 1. The highest BCUT2D eigenvalue weighted by atomic mass is 19.1. The van der Waals surface area contributed by atoms with Crippen molar-refractivity contribution >= 4 is 27.7 Å². The Balaban J connectivity index is 1.53. The van der Waals surface area contributed by atoms with Crippen LogP contribution in [0.25, 0.3) is 32.9 Å². The van der Waals surface area contributed by atoms with Crippen LogP contribution in [0.3, 0.4) is 0 Å². The van der Waals surface area contributed by atoms with E-state index in [1.807, 2.05) is 23.0 Å². The van der Waals surface area contributed by atoms with Gasteiger partial charge in [-0.1, -0.05) is 6.07 Å². The van der Waals surface area contributed by atoms with Gasteiger partial charge in [0, 0.05) is 48.1 Å². The molecule has 0 atom stereocenters. The summed E-state index contributed by atoms with van der Waals surface area (Å²) in [5, 5.41) is 9.19. The minimum Gasteiger partial charge on any atom is -0.383 e. The summed E-state index contributed by atoms with van der Waals surface area (Å²) >= 11 is 0. The molecule has 0 radical (unpaired) electrons. The van der Waals surface area contributed by atoms with E-state index in [1.165, 1.54) is 12.1 Å². The summed E-state index contributed by atoms with van der Waals surface area (Å²) in [4.78, 5) is 15.0. The fraction of sp³-hybridized carbons (Fsp3) is 0.238. The van der Waals surface area contributed by atoms with Crippen molar-refractivity contribution in [3.05, 3.63) is 54.6 Å². The highest BCUT2D eigenvalue weighted by molar-refractivity contribution is 5.97. The molecule has 4 aromatic rings. The highest BCUT2D eigenvalue weighted by Gasteiger charge is 2.10. The molecule has 0 fully saturated rings. The van der Waals surface area contributed by atoms with Crippen molar-refractivity contribution in [3.8, 4) is 11.1 Å². The molecule has 6 nitrogen and oxygen atoms in total. The fourth-order valence-corrected chi connectivity index (χ4v) is 3.36. The predicted octanol–water partition coefficient (Wildman–Crippen LogP) is 3.48. The number of benzene rings is 2. The van der Waals surface area contributed by atoms with Gasteiger partial charge in [0.15, 0.2) is 0 Å². The van der Waals surface area contributed by atoms with E-state index in [-0.39, 0.29) is 11.7 Å². The van der Waals surface area contributed by atoms with E-state index in [2.05, 4.69) is 21.5 Å². The quantitative estimate of drug-likeness (QED) is 0.482. The molecule has 0 spiro atoms. The van der Waals surface area contributed by atoms with Crippen LogP contribution >= 0.6 is 0 Å². The van der Waals surface area contributed by atoms with Crippen LogP contribution in [0.1, 0.15) is 6.42 Å². The van der Waals surface area contributed by atoms with E-state index in [9.17, 15) is 9.18 Å². The molecule has 4 rings (SSSR count). The van der Waals surface area contributed by atoms with Crippen LogP contribution in [0, 0.1) is 5.82 Å². The van der Waals surface area contributed by atoms with Crippen molar-refractivity contribution in [3.63, 3.8) is 0 Å². The third-order valence-electron chi connectivity index (χ3n) is 4.78. The van der Waals surface area contributed by atoms with Gasteiger partial charge in [-0.05, 0) is 35.9 Å². The number of aromatic nitrogens is 3. The Bertz CT molecular complexity index is 1130. The molecule has 0 aliphatic heterocycles. The number of rotatable bonds is 7. The van der Waals surface area contributed by atoms with E-state index < -0.39 is 0 Å². The first-order valence-electron chi connectivity index (χ1n) is 9.14. The van der Waals surface area contributed by atoms with Crippen molar-refractivity contribution < 1.29 is 13.9 Å². The Hall–Kier alpha value is -3.19. The van der Waals surface area contributed by atoms with Crippen LogP contribution in [-0.4, -0.2) is 40.9 Å². The molecule has 2 aromatic carbocycles. The van der Waals surface area contributed by atoms with Gasteiger partial charge in [-0.15, -0.1) is 0 Å². The first-order chi connectivity index (χ1) is 13.7. The fourth-order valence-electron chi connectivity index (χ4n) is 3.36. The average Bonchev–Trinajstić information content (AvgIpc) is 3.29. The molecule has 0 saturated carbocycles. The summed E-state index contributed by atoms with van der Waals surface area (Å²) in [6, 6.07) is 10.8. The number of H-pyrrole nitrogens is 1. The number of amides is 1. The average molecular weight is 380 g/mol. The highest BCUT2D eigenvalue weighted by Crippen LogP contribution is 2.31. The molecule has 144 valence electrons. The van der Waals surface area contributed by atoms with Gasteiger partial charge < -0.3 is 15.0 Å². The van der Waals surface area contributed by atoms with Gasteiger partial charge in [-0.25, -0.2) is 4.39 Å². The first-order valence-corrected chi connectivity index (χ1v) is 9.14. The molecule has 2 N–H and O–H groups in total. The number of fused-ring (bicyclic) bond motifs is 2. The van der Waals surface area contributed by atoms with Crippen LogP contribution in [0.4, 0.5) is 4.39 Å². The van der Waals surface area contributed by atoms with Crippen molar-refractivity contribution in [2.75, 3.05) is 20.3 Å². The summed E-state index contributed by atoms with van der Waals surface area (Å²) in [6.07, 6.45) is 4.05. The van der Waals surface area contributed by atoms with Crippen molar-refractivity contribution in [2.45, 2.75) is 13.0 Å². The van der Waals surface area contributed by atoms with Crippen molar-refractivity contribution in [1.82, 2.24) is 20.1 Å². The maximum atomic E-state index is 13.4. The second-order valence-corrected chi connectivity index (χ2v) is 6.63. The van der Waals surface area contributed by atoms with Gasteiger partial charge in [-0.3, -0.25) is 9.48 Å². The lowest BCUT2D eigenvalue weighted by atomic mass is 10.0. The molecule has 2 heterocycles. The number of hydrogen-bond donors (Lipinski definition) is 2. The zero-order chi connectivity index (χ0) is 19.5. The van der Waals surface area contributed by atoms with Crippen LogP contribution in [0.15, 0.2) is 48.8 Å². The lowest BCUT2D eigenvalue weighted by Crippen LogP contribution is -2.27. The molecular weight excluding hydrogens is 359 g/mol. The second-order valence-electron chi connectivity index (χ2n) is 6.63. The summed E-state index contributed by atoms with van der Waals surface area (Å²) < 4.78 is 20.2. The number of methoxy groups -OCH3 is 1. The lowest BCUT2D eigenvalue weighted by Gasteiger charge is -2.06. The van der Waals surface area contributed by atoms with E-state index in [4.69, 9.17) is 4.74 Å². The SMILES string of the molecule is COCCNC(=O)CCn1ncc2cc(-c3c[nH]c4cc(F)ccc34)ccc21. The summed E-state index contributed by atoms with van der Waals surface area (Å²) in [5.74, 6) is -0.285. The molecule has 0 unspecified atom stereocenters. The molecule has 7 heteroatoms. The molecule has 0 aliphatic carbocycles. The summed E-state index contributed by atoms with van der Waals surface area (Å²) in [6.45, 7) is 1.51. The smallest absolute Gasteiger partial charge is 0.221 e. The monoisotopic (exact) mass is 380 g/mol. The van der Waals surface area contributed by atoms with Crippen LogP contribution < -0.4 is 5.32 Å². The Labute approximate surface area is 161 Å². The predicted molar refractivity (Wildman–Crippen MR) is 106 cm³/mol. The van der Waals surface area contributed by atoms with E-state index >= 15 is 0 Å². The maximum absolute atomic E-state index is 13.4. The maximum Gasteiger partial charge on any atom is 0.221 e. The van der Waals surface area contributed by atoms with Gasteiger partial charge >= 0.3 is 0 Å². The number of nitrogens with one attached hydrogen (secondary N) is 2. The lowest BCUT2D eigenvalue weighted by molar-refractivity contribution is -0.121. The number of aryl methyl sites for hydroxylation is 1. The Morgan fingerprint density at radius 3 is 3.04 bits per heavy atom. The number of nitrogens with zero attached hydrogens (tertiary/aromatic N) is 2. The van der Waals surface area contributed by atoms with E-state index in [0.29, 0.717) is 26.1 Å². The van der Waals surface area contributed by atoms with E-state index in [0.717, 1.165) is 32.9 Å². The normalized spacial score (nSPS) is 11.4. The molecular formula is C21H21FN4O2. The first kappa shape index (κ1) is 18.2. The molecule has 2 aromatic heterocycles. The largest absolute Gasteiger partial charge is 0.383 e. The molecule has 28 heavy (non-hydrogen) atoms. The topological polar surface area (TPSA) is 71.9 Å². The zero-order valence-electron chi connectivity index (χ0n) is 15.5. The van der Waals surface area contributed by atoms with Crippen molar-refractivity contribution in [1.29, 1.82) is 0 Å². The van der Waals surface area contributed by atoms with Gasteiger partial charge in [0.05, 0.1) is 24.9 Å². The molecule has 0 aliphatic rings. The van der Waals surface area contributed by atoms with Crippen molar-refractivity contribution in [2.24, 2.45) is 0 Å². The van der Waals surface area contributed by atoms with Crippen LogP contribution in [0.2, 0.25) is 0 Å². The number of hydrogen-bond acceptors (Lipinski definition) is 3. The van der Waals surface area contributed by atoms with Gasteiger partial charge in [-0.2, -0.15) is 5.10 Å². The number of ether oxygens (including phenoxy) is 1. The Kier molecular flexibility index (Phi) is 5.08. The van der Waals surface area contributed by atoms with Crippen LogP contribution in [-0.2, 0) is 16.1 Å². The minimum absolute atomic E-state index is 0.0247. The van der Waals surface area contributed by atoms with Crippen LogP contribution in [0.5, 0.6) is 0 Å². The summed E-state index contributed by atoms with van der Waals surface area (Å²) in [5.41, 5.74) is 3.79. The zero-order valence-corrected chi connectivity index (χ0v) is 15.5. The Morgan fingerprint density at radius 2 is 2.18 bits per heavy atom. The third-order valence-corrected chi connectivity index (χ3v) is 4.78. The van der Waals surface area contributed by atoms with Gasteiger partial charge in [0.1, 0.15) is 5.82 Å². The Morgan fingerprint density at radius 1 is 1.29 bits per heavy atom. The number of aromatic amines is 1. The third kappa shape index (κ3) is 3.61. The number of carbonyl (C=O) groups excluding carboxylic acids is 1. The van der Waals surface area contributed by atoms with Gasteiger partial charge in [0.2, 0.25) is 5.91 Å². The molecule has 1 amide bonds. The molecule has 0 saturated heterocycles. The minimum atomic E-state index is -0.260. The number of carbonyl (C=O) groups is 1. The molecule has 0 bridgehead atoms. The standard InChI is InChI=1S/C21H21FN4O2/c1-28-9-7-23-21(27)6-8-26-20-5-2-14(10-15(20)12-25-26)18-13-24-19-11-16(22)3-4-17(18)19/h2-5,10-13,24H,6-9H2,1H3,(H,23,27). The van der Waals surface area contributed by atoms with Gasteiger partial charge in [0.25, 0.3) is 0 Å². The second kappa shape index (κ2) is 7.82.